The Bertz CT molecular complexity index is 1120. The number of carbonyl (C=O) groups excluding carboxylic acids is 4. The number of hydrogen-bond donors (Lipinski definition) is 2. The summed E-state index contributed by atoms with van der Waals surface area (Å²) in [7, 11) is 0. The van der Waals surface area contributed by atoms with Crippen LogP contribution in [0.15, 0.2) is 30.3 Å². The van der Waals surface area contributed by atoms with E-state index in [4.69, 9.17) is 4.74 Å². The molecule has 1 aliphatic heterocycles. The first-order chi connectivity index (χ1) is 17.5. The highest BCUT2D eigenvalue weighted by atomic mass is 32.1. The van der Waals surface area contributed by atoms with E-state index >= 15 is 0 Å². The van der Waals surface area contributed by atoms with E-state index in [0.717, 1.165) is 23.5 Å². The van der Waals surface area contributed by atoms with Crippen molar-refractivity contribution >= 4 is 35.2 Å². The molecule has 200 valence electrons. The fourth-order valence-corrected chi connectivity index (χ4v) is 4.89. The second kappa shape index (κ2) is 12.3. The summed E-state index contributed by atoms with van der Waals surface area (Å²) in [5, 5.41) is 9.21. The number of amides is 3. The Kier molecular flexibility index (Phi) is 9.36. The molecule has 1 aromatic carbocycles. The van der Waals surface area contributed by atoms with Crippen molar-refractivity contribution < 1.29 is 23.9 Å². The Balaban J connectivity index is 1.62. The summed E-state index contributed by atoms with van der Waals surface area (Å²) in [6.07, 6.45) is 0.375. The summed E-state index contributed by atoms with van der Waals surface area (Å²) in [6, 6.07) is 7.94. The molecule has 2 heterocycles. The zero-order valence-electron chi connectivity index (χ0n) is 21.9. The number of likely N-dealkylation sites (tertiary alicyclic amines) is 1. The number of benzene rings is 1. The van der Waals surface area contributed by atoms with E-state index in [1.165, 1.54) is 0 Å². The largest absolute Gasteiger partial charge is 0.444 e. The lowest BCUT2D eigenvalue weighted by atomic mass is 9.90. The van der Waals surface area contributed by atoms with Gasteiger partial charge in [0.2, 0.25) is 5.78 Å². The molecule has 0 bridgehead atoms. The summed E-state index contributed by atoms with van der Waals surface area (Å²) in [4.78, 5) is 53.5. The monoisotopic (exact) mass is 529 g/mol. The lowest BCUT2D eigenvalue weighted by Crippen LogP contribution is -2.49. The molecular weight excluding hydrogens is 494 g/mol. The smallest absolute Gasteiger partial charge is 0.408 e. The van der Waals surface area contributed by atoms with Crippen LogP contribution in [-0.4, -0.2) is 63.4 Å². The number of hydrogen-bond acceptors (Lipinski definition) is 8. The summed E-state index contributed by atoms with van der Waals surface area (Å²) in [5.41, 5.74) is 0.921. The number of aromatic nitrogens is 2. The highest BCUT2D eigenvalue weighted by Gasteiger charge is 2.45. The van der Waals surface area contributed by atoms with Crippen LogP contribution in [0.1, 0.15) is 73.9 Å². The van der Waals surface area contributed by atoms with Gasteiger partial charge in [0, 0.05) is 12.0 Å². The molecule has 0 unspecified atom stereocenters. The molecule has 10 nitrogen and oxygen atoms in total. The van der Waals surface area contributed by atoms with Crippen LogP contribution in [0.5, 0.6) is 0 Å². The average Bonchev–Trinajstić information content (AvgIpc) is 3.43. The van der Waals surface area contributed by atoms with Crippen molar-refractivity contribution in [2.24, 2.45) is 5.41 Å². The molecule has 1 fully saturated rings. The van der Waals surface area contributed by atoms with E-state index in [0.29, 0.717) is 30.0 Å². The van der Waals surface area contributed by atoms with E-state index in [1.807, 2.05) is 51.1 Å². The van der Waals surface area contributed by atoms with Crippen molar-refractivity contribution in [3.63, 3.8) is 0 Å². The summed E-state index contributed by atoms with van der Waals surface area (Å²) in [5.74, 6) is -1.68. The van der Waals surface area contributed by atoms with Crippen molar-refractivity contribution in [1.29, 1.82) is 0 Å². The Labute approximate surface area is 221 Å². The van der Waals surface area contributed by atoms with Crippen LogP contribution in [-0.2, 0) is 14.3 Å². The third kappa shape index (κ3) is 7.12. The molecular formula is C26H35N5O5S. The van der Waals surface area contributed by atoms with Crippen LogP contribution in [0.25, 0.3) is 0 Å². The van der Waals surface area contributed by atoms with E-state index < -0.39 is 35.3 Å². The summed E-state index contributed by atoms with van der Waals surface area (Å²) in [6.45, 7) is 9.90. The predicted octanol–water partition coefficient (Wildman–Crippen LogP) is 3.43. The molecule has 3 amide bonds. The molecule has 2 aromatic rings. The zero-order chi connectivity index (χ0) is 27.2. The average molecular weight is 530 g/mol. The lowest BCUT2D eigenvalue weighted by Gasteiger charge is -2.26. The molecule has 11 heteroatoms. The van der Waals surface area contributed by atoms with Crippen molar-refractivity contribution in [2.45, 2.75) is 72.1 Å². The molecule has 0 aliphatic carbocycles. The van der Waals surface area contributed by atoms with Crippen molar-refractivity contribution in [2.75, 3.05) is 13.1 Å². The van der Waals surface area contributed by atoms with Crippen LogP contribution in [0.2, 0.25) is 0 Å². The van der Waals surface area contributed by atoms with Gasteiger partial charge in [-0.1, -0.05) is 68.4 Å². The van der Waals surface area contributed by atoms with Crippen LogP contribution < -0.4 is 10.6 Å². The van der Waals surface area contributed by atoms with Gasteiger partial charge in [0.15, 0.2) is 0 Å². The number of aryl methyl sites for hydroxylation is 1. The minimum absolute atomic E-state index is 0.202. The zero-order valence-corrected chi connectivity index (χ0v) is 22.8. The molecule has 1 aromatic heterocycles. The Hall–Kier alpha value is -3.34. The topological polar surface area (TPSA) is 131 Å². The Morgan fingerprint density at radius 3 is 2.51 bits per heavy atom. The quantitative estimate of drug-likeness (QED) is 0.451. The van der Waals surface area contributed by atoms with Crippen LogP contribution in [0.3, 0.4) is 0 Å². The van der Waals surface area contributed by atoms with E-state index in [1.54, 1.807) is 18.7 Å². The number of unbranched alkanes of at least 4 members (excludes halogenated alkanes) is 1. The van der Waals surface area contributed by atoms with Crippen LogP contribution >= 0.6 is 11.5 Å². The molecule has 3 rings (SSSR count). The van der Waals surface area contributed by atoms with Gasteiger partial charge in [-0.2, -0.15) is 0 Å². The maximum Gasteiger partial charge on any atom is 0.408 e. The molecule has 0 saturated carbocycles. The number of Topliss-reactive ketones (excluding diaryl/α,β-unsaturated/α-hetero) is 1. The summed E-state index contributed by atoms with van der Waals surface area (Å²) < 4.78 is 9.51. The highest BCUT2D eigenvalue weighted by Crippen LogP contribution is 2.33. The van der Waals surface area contributed by atoms with E-state index in [9.17, 15) is 19.2 Å². The second-order valence-corrected chi connectivity index (χ2v) is 10.8. The molecule has 0 radical (unpaired) electrons. The van der Waals surface area contributed by atoms with Gasteiger partial charge in [-0.3, -0.25) is 14.4 Å². The third-order valence-corrected chi connectivity index (χ3v) is 7.38. The van der Waals surface area contributed by atoms with Gasteiger partial charge < -0.3 is 20.3 Å². The summed E-state index contributed by atoms with van der Waals surface area (Å²) >= 11 is 1.04. The Morgan fingerprint density at radius 2 is 1.89 bits per heavy atom. The van der Waals surface area contributed by atoms with Crippen LogP contribution in [0.4, 0.5) is 4.79 Å². The first-order valence-electron chi connectivity index (χ1n) is 12.5. The van der Waals surface area contributed by atoms with Crippen molar-refractivity contribution in [1.82, 2.24) is 25.1 Å². The lowest BCUT2D eigenvalue weighted by molar-refractivity contribution is -0.139. The molecule has 1 saturated heterocycles. The molecule has 3 atom stereocenters. The molecule has 2 N–H and O–H groups in total. The SMILES string of the molecule is CCCC[C@H](NC(=O)O[C@H]1CN(C(=O)c2snnc2C)CC1(C)C)C(=O)C(=O)N[C@H](C)c1ccccc1. The number of nitrogens with one attached hydrogen (secondary N) is 2. The molecule has 1 aliphatic rings. The number of nitrogens with zero attached hydrogens (tertiary/aromatic N) is 3. The predicted molar refractivity (Wildman–Crippen MR) is 139 cm³/mol. The van der Waals surface area contributed by atoms with Crippen molar-refractivity contribution in [3.05, 3.63) is 46.5 Å². The first kappa shape index (κ1) is 28.2. The number of ketones is 1. The van der Waals surface area contributed by atoms with Gasteiger partial charge in [-0.25, -0.2) is 4.79 Å². The number of carbonyl (C=O) groups is 4. The second-order valence-electron chi connectivity index (χ2n) is 10.1. The highest BCUT2D eigenvalue weighted by molar-refractivity contribution is 7.07. The fraction of sp³-hybridized carbons (Fsp3) is 0.538. The van der Waals surface area contributed by atoms with Crippen LogP contribution in [0, 0.1) is 12.3 Å². The van der Waals surface area contributed by atoms with Crippen molar-refractivity contribution in [3.8, 4) is 0 Å². The van der Waals surface area contributed by atoms with Gasteiger partial charge in [-0.05, 0) is 37.4 Å². The van der Waals surface area contributed by atoms with Gasteiger partial charge in [-0.15, -0.1) is 5.10 Å². The minimum Gasteiger partial charge on any atom is -0.444 e. The van der Waals surface area contributed by atoms with E-state index in [2.05, 4.69) is 20.2 Å². The standard InChI is InChI=1S/C26H35N5O5S/c1-6-7-13-19(21(32)23(33)27-16(2)18-11-9-8-10-12-18)28-25(35)36-20-14-31(15-26(20,4)5)24(34)22-17(3)29-30-37-22/h8-12,16,19-20H,6-7,13-15H2,1-5H3,(H,27,33)(H,28,35)/t16-,19+,20+/m1/s1. The third-order valence-electron chi connectivity index (χ3n) is 6.56. The minimum atomic E-state index is -1.01. The van der Waals surface area contributed by atoms with Gasteiger partial charge in [0.25, 0.3) is 11.8 Å². The van der Waals surface area contributed by atoms with Gasteiger partial charge >= 0.3 is 6.09 Å². The maximum atomic E-state index is 13.0. The first-order valence-corrected chi connectivity index (χ1v) is 13.3. The van der Waals surface area contributed by atoms with E-state index in [-0.39, 0.29) is 18.5 Å². The number of rotatable bonds is 10. The maximum absolute atomic E-state index is 13.0. The molecule has 0 spiro atoms. The van der Waals surface area contributed by atoms with Gasteiger partial charge in [0.1, 0.15) is 17.0 Å². The Morgan fingerprint density at radius 1 is 1.19 bits per heavy atom. The number of alkyl carbamates (subject to hydrolysis) is 1. The fourth-order valence-electron chi connectivity index (χ4n) is 4.26. The molecule has 37 heavy (non-hydrogen) atoms. The number of ether oxygens (including phenoxy) is 1. The normalized spacial score (nSPS) is 18.1. The van der Waals surface area contributed by atoms with Gasteiger partial charge in [0.05, 0.1) is 18.3 Å².